The average Bonchev–Trinajstić information content (AvgIpc) is 2.09. The molecule has 0 aromatic rings. The Labute approximate surface area is 101 Å². The number of carbonyl (C=O) groups is 1. The topological polar surface area (TPSA) is 55.1 Å². The van der Waals surface area contributed by atoms with E-state index >= 15 is 0 Å². The minimum Gasteiger partial charge on any atom is -0.321 e. The van der Waals surface area contributed by atoms with E-state index < -0.39 is 0 Å². The Morgan fingerprint density at radius 1 is 1.43 bits per heavy atom. The van der Waals surface area contributed by atoms with Gasteiger partial charge >= 0.3 is 0 Å². The fourth-order valence-corrected chi connectivity index (χ4v) is 1.62. The molecule has 0 rings (SSSR count). The van der Waals surface area contributed by atoms with E-state index in [9.17, 15) is 4.79 Å². The minimum absolute atomic E-state index is 0.167. The van der Waals surface area contributed by atoms with Crippen LogP contribution in [0.1, 0.15) is 40.0 Å². The first-order chi connectivity index (χ1) is 6.39. The van der Waals surface area contributed by atoms with E-state index in [0.717, 1.165) is 25.8 Å². The lowest BCUT2D eigenvalue weighted by Gasteiger charge is -2.21. The molecule has 0 spiro atoms. The Kier molecular flexibility index (Phi) is 6.89. The summed E-state index contributed by atoms with van der Waals surface area (Å²) in [6.45, 7) is 6.74. The van der Waals surface area contributed by atoms with Gasteiger partial charge in [-0.25, -0.2) is 0 Å². The smallest absolute Gasteiger partial charge is 0.154 e. The molecule has 0 amide bonds. The van der Waals surface area contributed by atoms with Crippen LogP contribution in [0.5, 0.6) is 0 Å². The van der Waals surface area contributed by atoms with Crippen LogP contribution >= 0.6 is 22.9 Å². The third-order valence-corrected chi connectivity index (χ3v) is 2.65. The molecule has 4 heteroatoms. The van der Waals surface area contributed by atoms with Crippen molar-refractivity contribution in [3.8, 4) is 0 Å². The first-order valence-corrected chi connectivity index (χ1v) is 6.11. The molecular formula is C10H21IN2O. The molecule has 0 aliphatic carbocycles. The molecule has 0 aromatic heterocycles. The summed E-state index contributed by atoms with van der Waals surface area (Å²) in [5.41, 5.74) is 5.51. The number of nitrogens with one attached hydrogen (secondary N) is 1. The molecule has 0 saturated carbocycles. The summed E-state index contributed by atoms with van der Waals surface area (Å²) in [6, 6.07) is -0.288. The summed E-state index contributed by atoms with van der Waals surface area (Å²) in [5, 5.41) is 0. The largest absolute Gasteiger partial charge is 0.321 e. The lowest BCUT2D eigenvalue weighted by molar-refractivity contribution is -0.127. The maximum Gasteiger partial charge on any atom is 0.154 e. The molecule has 1 unspecified atom stereocenters. The fraction of sp³-hybridized carbons (Fsp3) is 0.900. The molecule has 1 atom stereocenters. The summed E-state index contributed by atoms with van der Waals surface area (Å²) in [7, 11) is 0. The maximum absolute atomic E-state index is 11.7. The standard InChI is InChI=1S/C10H21IN2O/c1-10(2,3)9(14)8(12)6-4-5-7-13-11/h8,13H,4-7,12H2,1-3H3. The number of carbonyl (C=O) groups excluding carboxylic acids is 1. The number of hydrogen-bond acceptors (Lipinski definition) is 3. The van der Waals surface area contributed by atoms with Gasteiger partial charge < -0.3 is 5.73 Å². The van der Waals surface area contributed by atoms with Crippen molar-refractivity contribution in [2.45, 2.75) is 46.1 Å². The Morgan fingerprint density at radius 2 is 2.00 bits per heavy atom. The summed E-state index contributed by atoms with van der Waals surface area (Å²) in [4.78, 5) is 11.7. The van der Waals surface area contributed by atoms with Crippen LogP contribution in [0, 0.1) is 5.41 Å². The van der Waals surface area contributed by atoms with Crippen LogP contribution in [0.2, 0.25) is 0 Å². The van der Waals surface area contributed by atoms with E-state index in [4.69, 9.17) is 5.73 Å². The second-order valence-electron chi connectivity index (χ2n) is 4.60. The van der Waals surface area contributed by atoms with Gasteiger partial charge in [-0.1, -0.05) is 27.2 Å². The SMILES string of the molecule is CC(C)(C)C(=O)C(N)CCCCNI. The van der Waals surface area contributed by atoms with Gasteiger partial charge in [-0.2, -0.15) is 0 Å². The average molecular weight is 312 g/mol. The highest BCUT2D eigenvalue weighted by molar-refractivity contribution is 14.1. The Bertz CT molecular complexity index is 177. The van der Waals surface area contributed by atoms with E-state index in [2.05, 4.69) is 26.4 Å². The van der Waals surface area contributed by atoms with Crippen LogP contribution in [0.15, 0.2) is 0 Å². The summed E-state index contributed by atoms with van der Waals surface area (Å²) in [6.07, 6.45) is 2.89. The second kappa shape index (κ2) is 6.74. The first kappa shape index (κ1) is 14.3. The van der Waals surface area contributed by atoms with Crippen molar-refractivity contribution in [3.05, 3.63) is 0 Å². The molecule has 0 aliphatic rings. The molecule has 0 radical (unpaired) electrons. The van der Waals surface area contributed by atoms with Gasteiger partial charge in [-0.3, -0.25) is 8.32 Å². The van der Waals surface area contributed by atoms with Gasteiger partial charge in [-0.05, 0) is 12.8 Å². The van der Waals surface area contributed by atoms with E-state index in [1.807, 2.05) is 20.8 Å². The van der Waals surface area contributed by atoms with E-state index in [0.29, 0.717) is 0 Å². The van der Waals surface area contributed by atoms with Gasteiger partial charge in [0.25, 0.3) is 0 Å². The molecule has 3 N–H and O–H groups in total. The number of halogens is 1. The third kappa shape index (κ3) is 5.93. The summed E-state index contributed by atoms with van der Waals surface area (Å²) < 4.78 is 3.05. The van der Waals surface area contributed by atoms with Crippen LogP contribution in [-0.2, 0) is 4.79 Å². The van der Waals surface area contributed by atoms with Gasteiger partial charge in [0.15, 0.2) is 5.78 Å². The quantitative estimate of drug-likeness (QED) is 0.448. The number of Topliss-reactive ketones (excluding diaryl/α,β-unsaturated/α-hetero) is 1. The highest BCUT2D eigenvalue weighted by Gasteiger charge is 2.26. The maximum atomic E-state index is 11.7. The first-order valence-electron chi connectivity index (χ1n) is 5.03. The molecule has 14 heavy (non-hydrogen) atoms. The van der Waals surface area contributed by atoms with Crippen molar-refractivity contribution in [1.29, 1.82) is 0 Å². The molecule has 0 saturated heterocycles. The zero-order valence-electron chi connectivity index (χ0n) is 9.27. The zero-order valence-corrected chi connectivity index (χ0v) is 11.4. The molecule has 84 valence electrons. The van der Waals surface area contributed by atoms with Crippen molar-refractivity contribution in [2.24, 2.45) is 11.1 Å². The predicted octanol–water partition coefficient (Wildman–Crippen LogP) is 2.04. The Morgan fingerprint density at radius 3 is 2.43 bits per heavy atom. The molecule has 3 nitrogen and oxygen atoms in total. The van der Waals surface area contributed by atoms with Gasteiger partial charge in [0.05, 0.1) is 6.04 Å². The predicted molar refractivity (Wildman–Crippen MR) is 68.3 cm³/mol. The summed E-state index contributed by atoms with van der Waals surface area (Å²) >= 11 is 2.12. The minimum atomic E-state index is -0.305. The van der Waals surface area contributed by atoms with Gasteiger partial charge in [0.2, 0.25) is 0 Å². The van der Waals surface area contributed by atoms with Crippen LogP contribution in [0.4, 0.5) is 0 Å². The van der Waals surface area contributed by atoms with Crippen molar-refractivity contribution >= 4 is 28.6 Å². The highest BCUT2D eigenvalue weighted by Crippen LogP contribution is 2.18. The molecule has 0 aliphatic heterocycles. The lowest BCUT2D eigenvalue weighted by Crippen LogP contribution is -2.38. The van der Waals surface area contributed by atoms with Crippen molar-refractivity contribution in [3.63, 3.8) is 0 Å². The Balaban J connectivity index is 3.74. The zero-order chi connectivity index (χ0) is 11.2. The van der Waals surface area contributed by atoms with Crippen LogP contribution in [-0.4, -0.2) is 18.4 Å². The summed E-state index contributed by atoms with van der Waals surface area (Å²) in [5.74, 6) is 0.167. The van der Waals surface area contributed by atoms with Crippen molar-refractivity contribution in [2.75, 3.05) is 6.54 Å². The molecular weight excluding hydrogens is 291 g/mol. The van der Waals surface area contributed by atoms with E-state index in [1.54, 1.807) is 0 Å². The lowest BCUT2D eigenvalue weighted by atomic mass is 9.85. The molecule has 0 aromatic carbocycles. The molecule has 0 bridgehead atoms. The molecule has 0 fully saturated rings. The van der Waals surface area contributed by atoms with Gasteiger partial charge in [0, 0.05) is 34.8 Å². The number of ketones is 1. The number of nitrogens with two attached hydrogens (primary N) is 1. The van der Waals surface area contributed by atoms with E-state index in [1.165, 1.54) is 0 Å². The van der Waals surface area contributed by atoms with Crippen LogP contribution in [0.25, 0.3) is 0 Å². The monoisotopic (exact) mass is 312 g/mol. The number of unbranched alkanes of at least 4 members (excludes halogenated alkanes) is 1. The number of hydrogen-bond donors (Lipinski definition) is 2. The van der Waals surface area contributed by atoms with Crippen LogP contribution < -0.4 is 9.26 Å². The number of rotatable bonds is 6. The van der Waals surface area contributed by atoms with Crippen LogP contribution in [0.3, 0.4) is 0 Å². The van der Waals surface area contributed by atoms with Gasteiger partial charge in [0.1, 0.15) is 0 Å². The fourth-order valence-electron chi connectivity index (χ4n) is 1.24. The van der Waals surface area contributed by atoms with Gasteiger partial charge in [-0.15, -0.1) is 0 Å². The Hall–Kier alpha value is 0.320. The van der Waals surface area contributed by atoms with Crippen molar-refractivity contribution in [1.82, 2.24) is 3.53 Å². The normalized spacial score (nSPS) is 14.1. The third-order valence-electron chi connectivity index (χ3n) is 2.11. The highest BCUT2D eigenvalue weighted by atomic mass is 127. The van der Waals surface area contributed by atoms with E-state index in [-0.39, 0.29) is 17.2 Å². The second-order valence-corrected chi connectivity index (χ2v) is 5.36. The van der Waals surface area contributed by atoms with Crippen molar-refractivity contribution < 1.29 is 4.79 Å². The molecule has 0 heterocycles.